The summed E-state index contributed by atoms with van der Waals surface area (Å²) in [5, 5.41) is 12.2. The zero-order valence-corrected chi connectivity index (χ0v) is 15.1. The van der Waals surface area contributed by atoms with Gasteiger partial charge in [0.1, 0.15) is 12.2 Å². The molecular weight excluding hydrogens is 304 g/mol. The Kier molecular flexibility index (Phi) is 5.01. The molecule has 2 atom stereocenters. The molecule has 24 heavy (non-hydrogen) atoms. The van der Waals surface area contributed by atoms with E-state index in [0.29, 0.717) is 12.5 Å². The molecule has 0 bridgehead atoms. The average molecular weight is 332 g/mol. The van der Waals surface area contributed by atoms with Gasteiger partial charge in [0.15, 0.2) is 0 Å². The quantitative estimate of drug-likeness (QED) is 0.907. The van der Waals surface area contributed by atoms with Gasteiger partial charge in [0.2, 0.25) is 0 Å². The molecule has 0 saturated carbocycles. The molecule has 0 aliphatic carbocycles. The van der Waals surface area contributed by atoms with Gasteiger partial charge in [0, 0.05) is 37.9 Å². The van der Waals surface area contributed by atoms with Crippen LogP contribution >= 0.6 is 0 Å². The van der Waals surface area contributed by atoms with E-state index in [9.17, 15) is 0 Å². The lowest BCUT2D eigenvalue weighted by Crippen LogP contribution is -2.33. The van der Waals surface area contributed by atoms with Crippen LogP contribution in [0.2, 0.25) is 0 Å². The summed E-state index contributed by atoms with van der Waals surface area (Å²) >= 11 is 0. The van der Waals surface area contributed by atoms with E-state index in [4.69, 9.17) is 4.74 Å². The second-order valence-corrected chi connectivity index (χ2v) is 7.53. The van der Waals surface area contributed by atoms with Gasteiger partial charge in [0.25, 0.3) is 0 Å². The summed E-state index contributed by atoms with van der Waals surface area (Å²) < 4.78 is 9.85. The van der Waals surface area contributed by atoms with E-state index < -0.39 is 0 Å². The Labute approximate surface area is 143 Å². The van der Waals surface area contributed by atoms with Gasteiger partial charge in [-0.2, -0.15) is 10.2 Å². The molecule has 7 nitrogen and oxygen atoms in total. The first kappa shape index (κ1) is 17.1. The summed E-state index contributed by atoms with van der Waals surface area (Å²) in [4.78, 5) is 4.39. The molecule has 1 N–H and O–H groups in total. The second-order valence-electron chi connectivity index (χ2n) is 7.53. The van der Waals surface area contributed by atoms with Crippen LogP contribution in [0.3, 0.4) is 0 Å². The van der Waals surface area contributed by atoms with Crippen molar-refractivity contribution in [2.24, 2.45) is 13.0 Å². The first-order valence-electron chi connectivity index (χ1n) is 8.65. The third-order valence-electron chi connectivity index (χ3n) is 4.44. The summed E-state index contributed by atoms with van der Waals surface area (Å²) in [6.45, 7) is 8.86. The zero-order chi connectivity index (χ0) is 17.2. The Morgan fingerprint density at radius 2 is 2.17 bits per heavy atom. The van der Waals surface area contributed by atoms with Crippen LogP contribution in [-0.2, 0) is 23.9 Å². The summed E-state index contributed by atoms with van der Waals surface area (Å²) in [5.41, 5.74) is 1.11. The first-order chi connectivity index (χ1) is 11.4. The van der Waals surface area contributed by atoms with Crippen LogP contribution in [0.15, 0.2) is 18.7 Å². The van der Waals surface area contributed by atoms with Gasteiger partial charge in [-0.3, -0.25) is 4.68 Å². The van der Waals surface area contributed by atoms with E-state index in [2.05, 4.69) is 47.5 Å². The van der Waals surface area contributed by atoms with Crippen LogP contribution in [0.25, 0.3) is 0 Å². The van der Waals surface area contributed by atoms with Crippen molar-refractivity contribution in [3.63, 3.8) is 0 Å². The van der Waals surface area contributed by atoms with Crippen LogP contribution in [0, 0.1) is 5.92 Å². The van der Waals surface area contributed by atoms with E-state index in [1.54, 1.807) is 6.33 Å². The van der Waals surface area contributed by atoms with Crippen molar-refractivity contribution in [2.45, 2.75) is 51.8 Å². The van der Waals surface area contributed by atoms with Crippen molar-refractivity contribution in [1.29, 1.82) is 0 Å². The van der Waals surface area contributed by atoms with Crippen molar-refractivity contribution in [3.8, 4) is 0 Å². The Balaban J connectivity index is 1.60. The fourth-order valence-corrected chi connectivity index (χ4v) is 3.32. The number of aryl methyl sites for hydroxylation is 1. The maximum absolute atomic E-state index is 6.03. The van der Waals surface area contributed by atoms with Crippen molar-refractivity contribution >= 4 is 0 Å². The molecule has 0 unspecified atom stereocenters. The van der Waals surface area contributed by atoms with Crippen molar-refractivity contribution in [3.05, 3.63) is 30.1 Å². The number of hydrogen-bond acceptors (Lipinski definition) is 5. The highest BCUT2D eigenvalue weighted by molar-refractivity contribution is 5.10. The lowest BCUT2D eigenvalue weighted by molar-refractivity contribution is -0.0279. The molecule has 1 aliphatic rings. The molecule has 2 aromatic rings. The molecule has 0 spiro atoms. The highest BCUT2D eigenvalue weighted by atomic mass is 16.5. The van der Waals surface area contributed by atoms with E-state index in [-0.39, 0.29) is 11.6 Å². The van der Waals surface area contributed by atoms with Gasteiger partial charge in [0.05, 0.1) is 24.4 Å². The number of rotatable bonds is 5. The predicted octanol–water partition coefficient (Wildman–Crippen LogP) is 2.02. The number of ether oxygens (including phenoxy) is 1. The Morgan fingerprint density at radius 3 is 2.88 bits per heavy atom. The summed E-state index contributed by atoms with van der Waals surface area (Å²) in [6.07, 6.45) is 8.00. The first-order valence-corrected chi connectivity index (χ1v) is 8.65. The Hall–Kier alpha value is -1.73. The van der Waals surface area contributed by atoms with Gasteiger partial charge < -0.3 is 10.1 Å². The van der Waals surface area contributed by atoms with Crippen LogP contribution < -0.4 is 5.32 Å². The highest BCUT2D eigenvalue weighted by Crippen LogP contribution is 2.32. The molecule has 7 heteroatoms. The maximum atomic E-state index is 6.03. The molecule has 0 amide bonds. The molecule has 132 valence electrons. The molecule has 1 aliphatic heterocycles. The second kappa shape index (κ2) is 7.03. The van der Waals surface area contributed by atoms with Crippen molar-refractivity contribution in [2.75, 3.05) is 13.2 Å². The molecule has 1 fully saturated rings. The SMILES string of the molecule is Cn1cc([C@@H]2OCCC[C@H]2CNCc2ncnn2C(C)(C)C)cn1. The van der Waals surface area contributed by atoms with E-state index in [0.717, 1.165) is 25.4 Å². The number of nitrogens with zero attached hydrogens (tertiary/aromatic N) is 5. The third-order valence-corrected chi connectivity index (χ3v) is 4.44. The van der Waals surface area contributed by atoms with Crippen LogP contribution in [0.1, 0.15) is 51.1 Å². The maximum Gasteiger partial charge on any atom is 0.141 e. The Bertz CT molecular complexity index is 656. The van der Waals surface area contributed by atoms with Crippen molar-refractivity contribution in [1.82, 2.24) is 29.9 Å². The highest BCUT2D eigenvalue weighted by Gasteiger charge is 2.28. The van der Waals surface area contributed by atoms with Crippen molar-refractivity contribution < 1.29 is 4.74 Å². The average Bonchev–Trinajstić information content (AvgIpc) is 3.16. The summed E-state index contributed by atoms with van der Waals surface area (Å²) in [7, 11) is 1.94. The topological polar surface area (TPSA) is 69.8 Å². The fourth-order valence-electron chi connectivity index (χ4n) is 3.32. The molecular formula is C17H28N6O. The molecule has 3 heterocycles. The molecule has 2 aromatic heterocycles. The minimum atomic E-state index is -0.0558. The van der Waals surface area contributed by atoms with E-state index >= 15 is 0 Å². The van der Waals surface area contributed by atoms with Gasteiger partial charge in [-0.1, -0.05) is 0 Å². The molecule has 3 rings (SSSR count). The molecule has 0 aromatic carbocycles. The van der Waals surface area contributed by atoms with E-state index in [1.165, 1.54) is 12.0 Å². The standard InChI is InChI=1S/C17H28N6O/c1-17(2,3)23-15(19-12-21-23)10-18-8-13-6-5-7-24-16(13)14-9-20-22(4)11-14/h9,11-13,16,18H,5-8,10H2,1-4H3/t13-,16+/m0/s1. The third kappa shape index (κ3) is 3.84. The summed E-state index contributed by atoms with van der Waals surface area (Å²) in [5.74, 6) is 1.42. The smallest absolute Gasteiger partial charge is 0.141 e. The predicted molar refractivity (Wildman–Crippen MR) is 91.3 cm³/mol. The Morgan fingerprint density at radius 1 is 1.33 bits per heavy atom. The molecule has 1 saturated heterocycles. The van der Waals surface area contributed by atoms with Crippen LogP contribution in [0.4, 0.5) is 0 Å². The van der Waals surface area contributed by atoms with E-state index in [1.807, 2.05) is 22.6 Å². The zero-order valence-electron chi connectivity index (χ0n) is 15.1. The lowest BCUT2D eigenvalue weighted by atomic mass is 9.91. The number of nitrogens with one attached hydrogen (secondary N) is 1. The number of hydrogen-bond donors (Lipinski definition) is 1. The van der Waals surface area contributed by atoms with Crippen LogP contribution in [-0.4, -0.2) is 37.7 Å². The minimum absolute atomic E-state index is 0.0558. The summed E-state index contributed by atoms with van der Waals surface area (Å²) in [6, 6.07) is 0. The van der Waals surface area contributed by atoms with Gasteiger partial charge >= 0.3 is 0 Å². The van der Waals surface area contributed by atoms with Gasteiger partial charge in [-0.15, -0.1) is 0 Å². The number of aromatic nitrogens is 5. The molecule has 0 radical (unpaired) electrons. The minimum Gasteiger partial charge on any atom is -0.373 e. The van der Waals surface area contributed by atoms with Crippen LogP contribution in [0.5, 0.6) is 0 Å². The monoisotopic (exact) mass is 332 g/mol. The lowest BCUT2D eigenvalue weighted by Gasteiger charge is -2.31. The fraction of sp³-hybridized carbons (Fsp3) is 0.706. The van der Waals surface area contributed by atoms with Gasteiger partial charge in [-0.05, 0) is 33.6 Å². The normalized spacial score (nSPS) is 22.0. The van der Waals surface area contributed by atoms with Gasteiger partial charge in [-0.25, -0.2) is 9.67 Å². The largest absolute Gasteiger partial charge is 0.373 e.